The van der Waals surface area contributed by atoms with Gasteiger partial charge in [-0.3, -0.25) is 4.79 Å². The van der Waals surface area contributed by atoms with Gasteiger partial charge in [-0.05, 0) is 36.6 Å². The van der Waals surface area contributed by atoms with Crippen molar-refractivity contribution in [3.63, 3.8) is 0 Å². The van der Waals surface area contributed by atoms with Gasteiger partial charge in [0.1, 0.15) is 0 Å². The summed E-state index contributed by atoms with van der Waals surface area (Å²) in [6, 6.07) is 20.3. The SMILES string of the molecule is CN(C[C@@H]1CCN(c2ccccc2)C1)C(=O)c1cnn(-c2ccccc2)c1. The van der Waals surface area contributed by atoms with Crippen LogP contribution in [0, 0.1) is 5.92 Å². The quantitative estimate of drug-likeness (QED) is 0.700. The number of nitrogens with zero attached hydrogens (tertiary/aromatic N) is 4. The van der Waals surface area contributed by atoms with Gasteiger partial charge in [-0.15, -0.1) is 0 Å². The highest BCUT2D eigenvalue weighted by Gasteiger charge is 2.25. The summed E-state index contributed by atoms with van der Waals surface area (Å²) in [5.41, 5.74) is 2.84. The van der Waals surface area contributed by atoms with Gasteiger partial charge in [0.25, 0.3) is 5.91 Å². The number of carbonyl (C=O) groups excluding carboxylic acids is 1. The van der Waals surface area contributed by atoms with Crippen molar-refractivity contribution in [1.29, 1.82) is 0 Å². The molecule has 0 bridgehead atoms. The van der Waals surface area contributed by atoms with Gasteiger partial charge in [0.05, 0.1) is 17.4 Å². The molecule has 5 nitrogen and oxygen atoms in total. The molecule has 1 saturated heterocycles. The topological polar surface area (TPSA) is 41.4 Å². The molecule has 0 radical (unpaired) electrons. The first-order valence-electron chi connectivity index (χ1n) is 9.36. The standard InChI is InChI=1S/C22H24N4O/c1-24(15-18-12-13-25(16-18)20-8-4-2-5-9-20)22(27)19-14-23-26(17-19)21-10-6-3-7-11-21/h2-11,14,17-18H,12-13,15-16H2,1H3/t18-/m0/s1. The average molecular weight is 360 g/mol. The van der Waals surface area contributed by atoms with Crippen LogP contribution >= 0.6 is 0 Å². The maximum absolute atomic E-state index is 12.8. The van der Waals surface area contributed by atoms with Crippen LogP contribution in [0.4, 0.5) is 5.69 Å². The molecule has 0 aliphatic carbocycles. The van der Waals surface area contributed by atoms with Crippen molar-refractivity contribution in [2.24, 2.45) is 5.92 Å². The minimum atomic E-state index is 0.0235. The van der Waals surface area contributed by atoms with Crippen molar-refractivity contribution in [3.8, 4) is 5.69 Å². The number of hydrogen-bond donors (Lipinski definition) is 0. The van der Waals surface area contributed by atoms with Crippen molar-refractivity contribution in [2.75, 3.05) is 31.6 Å². The Labute approximate surface area is 159 Å². The predicted octanol–water partition coefficient (Wildman–Crippen LogP) is 3.47. The van der Waals surface area contributed by atoms with Gasteiger partial charge in [0, 0.05) is 38.6 Å². The summed E-state index contributed by atoms with van der Waals surface area (Å²) in [4.78, 5) is 17.0. The third kappa shape index (κ3) is 3.87. The Bertz CT molecular complexity index is 891. The Balaban J connectivity index is 1.37. The van der Waals surface area contributed by atoms with Crippen molar-refractivity contribution in [1.82, 2.24) is 14.7 Å². The third-order valence-electron chi connectivity index (χ3n) is 5.14. The van der Waals surface area contributed by atoms with Gasteiger partial charge in [0.2, 0.25) is 0 Å². The van der Waals surface area contributed by atoms with Gasteiger partial charge >= 0.3 is 0 Å². The Morgan fingerprint density at radius 1 is 1.07 bits per heavy atom. The van der Waals surface area contributed by atoms with E-state index in [1.807, 2.05) is 48.3 Å². The van der Waals surface area contributed by atoms with Crippen LogP contribution in [0.1, 0.15) is 16.8 Å². The molecule has 138 valence electrons. The fourth-order valence-corrected chi connectivity index (χ4v) is 3.70. The maximum atomic E-state index is 12.8. The molecule has 0 unspecified atom stereocenters. The van der Waals surface area contributed by atoms with E-state index >= 15 is 0 Å². The molecule has 1 fully saturated rings. The highest BCUT2D eigenvalue weighted by molar-refractivity contribution is 5.93. The van der Waals surface area contributed by atoms with E-state index in [0.717, 1.165) is 31.7 Å². The zero-order valence-electron chi connectivity index (χ0n) is 15.5. The first kappa shape index (κ1) is 17.3. The molecular formula is C22H24N4O. The van der Waals surface area contributed by atoms with Crippen LogP contribution in [-0.4, -0.2) is 47.3 Å². The molecule has 4 rings (SSSR count). The highest BCUT2D eigenvalue weighted by Crippen LogP contribution is 2.24. The molecule has 1 atom stereocenters. The van der Waals surface area contributed by atoms with Crippen molar-refractivity contribution in [3.05, 3.63) is 78.6 Å². The zero-order chi connectivity index (χ0) is 18.6. The Kier molecular flexibility index (Phi) is 4.92. The number of amides is 1. The molecule has 1 aliphatic rings. The van der Waals surface area contributed by atoms with Gasteiger partial charge in [-0.25, -0.2) is 4.68 Å². The zero-order valence-corrected chi connectivity index (χ0v) is 15.5. The summed E-state index contributed by atoms with van der Waals surface area (Å²) in [6.45, 7) is 2.80. The molecule has 5 heteroatoms. The van der Waals surface area contributed by atoms with Crippen LogP contribution in [0.3, 0.4) is 0 Å². The number of benzene rings is 2. The molecule has 1 aliphatic heterocycles. The van der Waals surface area contributed by atoms with Gasteiger partial charge in [-0.2, -0.15) is 5.10 Å². The van der Waals surface area contributed by atoms with Crippen LogP contribution in [0.25, 0.3) is 5.69 Å². The lowest BCUT2D eigenvalue weighted by Gasteiger charge is -2.22. The lowest BCUT2D eigenvalue weighted by molar-refractivity contribution is 0.0776. The first-order valence-corrected chi connectivity index (χ1v) is 9.36. The van der Waals surface area contributed by atoms with Gasteiger partial charge < -0.3 is 9.80 Å². The van der Waals surface area contributed by atoms with Crippen molar-refractivity contribution < 1.29 is 4.79 Å². The summed E-state index contributed by atoms with van der Waals surface area (Å²) >= 11 is 0. The van der Waals surface area contributed by atoms with Crippen LogP contribution in [0.5, 0.6) is 0 Å². The monoisotopic (exact) mass is 360 g/mol. The fraction of sp³-hybridized carbons (Fsp3) is 0.273. The smallest absolute Gasteiger partial charge is 0.256 e. The van der Waals surface area contributed by atoms with Gasteiger partial charge in [0.15, 0.2) is 0 Å². The van der Waals surface area contributed by atoms with E-state index < -0.39 is 0 Å². The average Bonchev–Trinajstić information content (AvgIpc) is 3.39. The summed E-state index contributed by atoms with van der Waals surface area (Å²) in [5.74, 6) is 0.513. The van der Waals surface area contributed by atoms with Crippen LogP contribution in [0.15, 0.2) is 73.1 Å². The lowest BCUT2D eigenvalue weighted by atomic mass is 10.1. The second-order valence-corrected chi connectivity index (χ2v) is 7.13. The number of aromatic nitrogens is 2. The number of carbonyl (C=O) groups is 1. The maximum Gasteiger partial charge on any atom is 0.256 e. The Morgan fingerprint density at radius 2 is 1.74 bits per heavy atom. The van der Waals surface area contributed by atoms with Crippen molar-refractivity contribution >= 4 is 11.6 Å². The summed E-state index contributed by atoms with van der Waals surface area (Å²) in [5, 5.41) is 4.33. The van der Waals surface area contributed by atoms with E-state index in [4.69, 9.17) is 0 Å². The Hall–Kier alpha value is -3.08. The molecular weight excluding hydrogens is 336 g/mol. The predicted molar refractivity (Wildman–Crippen MR) is 107 cm³/mol. The molecule has 0 N–H and O–H groups in total. The number of hydrogen-bond acceptors (Lipinski definition) is 3. The molecule has 0 spiro atoms. The van der Waals surface area contributed by atoms with Crippen LogP contribution in [0.2, 0.25) is 0 Å². The molecule has 3 aromatic rings. The molecule has 1 amide bonds. The normalized spacial score (nSPS) is 16.5. The molecule has 1 aromatic heterocycles. The van der Waals surface area contributed by atoms with Gasteiger partial charge in [-0.1, -0.05) is 36.4 Å². The van der Waals surface area contributed by atoms with Crippen LogP contribution < -0.4 is 4.90 Å². The second kappa shape index (κ2) is 7.66. The van der Waals surface area contributed by atoms with Crippen molar-refractivity contribution in [2.45, 2.75) is 6.42 Å². The summed E-state index contributed by atoms with van der Waals surface area (Å²) in [7, 11) is 1.88. The number of para-hydroxylation sites is 2. The number of anilines is 1. The van der Waals surface area contributed by atoms with E-state index in [1.165, 1.54) is 5.69 Å². The second-order valence-electron chi connectivity index (χ2n) is 7.13. The summed E-state index contributed by atoms with van der Waals surface area (Å²) < 4.78 is 1.74. The lowest BCUT2D eigenvalue weighted by Crippen LogP contribution is -2.33. The molecule has 27 heavy (non-hydrogen) atoms. The fourth-order valence-electron chi connectivity index (χ4n) is 3.70. The van der Waals surface area contributed by atoms with E-state index in [1.54, 1.807) is 17.1 Å². The summed E-state index contributed by atoms with van der Waals surface area (Å²) in [6.07, 6.45) is 4.56. The highest BCUT2D eigenvalue weighted by atomic mass is 16.2. The van der Waals surface area contributed by atoms with E-state index in [-0.39, 0.29) is 5.91 Å². The minimum absolute atomic E-state index is 0.0235. The third-order valence-corrected chi connectivity index (χ3v) is 5.14. The first-order chi connectivity index (χ1) is 13.2. The molecule has 2 heterocycles. The van der Waals surface area contributed by atoms with E-state index in [0.29, 0.717) is 11.5 Å². The number of rotatable bonds is 5. The van der Waals surface area contributed by atoms with E-state index in [9.17, 15) is 4.79 Å². The largest absolute Gasteiger partial charge is 0.371 e. The molecule has 2 aromatic carbocycles. The van der Waals surface area contributed by atoms with E-state index in [2.05, 4.69) is 34.3 Å². The van der Waals surface area contributed by atoms with Crippen LogP contribution in [-0.2, 0) is 0 Å². The minimum Gasteiger partial charge on any atom is -0.371 e. The Morgan fingerprint density at radius 3 is 2.44 bits per heavy atom. The molecule has 0 saturated carbocycles.